The third-order valence-corrected chi connectivity index (χ3v) is 10.2. The highest BCUT2D eigenvalue weighted by atomic mass is 35.5. The Bertz CT molecular complexity index is 1320. The lowest BCUT2D eigenvalue weighted by atomic mass is 9.85. The van der Waals surface area contributed by atoms with Gasteiger partial charge in [-0.15, -0.1) is 0 Å². The minimum atomic E-state index is -3.12. The summed E-state index contributed by atoms with van der Waals surface area (Å²) >= 11 is 6.74. The van der Waals surface area contributed by atoms with E-state index in [2.05, 4.69) is 21.4 Å². The Balaban J connectivity index is 1.24. The van der Waals surface area contributed by atoms with E-state index < -0.39 is 18.3 Å². The number of allylic oxidation sites excluding steroid dienone is 3. The molecule has 2 N–H and O–H groups in total. The standard InChI is InChI=1S/C35H50ClF2N5O3/c1-5-30(32(44)42-19-14-29(23-42)43-20-15-39-24-43)31(36)22-26(3)40(4)16-11-25(2)21-27-12-17-41(18-13-27)34(45)35(46,33(37)38)28-9-7-6-8-10-28/h6-10,15,20,22,24-25,27,29,33-34,45-46H,5,11-14,16-19,21,23H2,1-4H3/b26-22+,31-30-. The molecule has 0 spiro atoms. The zero-order chi connectivity index (χ0) is 33.4. The van der Waals surface area contributed by atoms with Crippen molar-refractivity contribution in [2.45, 2.75) is 83.6 Å². The Morgan fingerprint density at radius 3 is 2.50 bits per heavy atom. The third kappa shape index (κ3) is 8.56. The number of hydrogen-bond donors (Lipinski definition) is 2. The second-order valence-electron chi connectivity index (χ2n) is 13.1. The Labute approximate surface area is 277 Å². The molecule has 2 aromatic rings. The maximum absolute atomic E-state index is 14.0. The van der Waals surface area contributed by atoms with Gasteiger partial charge >= 0.3 is 0 Å². The minimum Gasteiger partial charge on any atom is -0.378 e. The van der Waals surface area contributed by atoms with Gasteiger partial charge in [-0.2, -0.15) is 0 Å². The van der Waals surface area contributed by atoms with E-state index in [4.69, 9.17) is 11.6 Å². The number of aliphatic hydroxyl groups excluding tert-OH is 1. The lowest BCUT2D eigenvalue weighted by Gasteiger charge is -2.42. The molecular formula is C35H50ClF2N5O3. The summed E-state index contributed by atoms with van der Waals surface area (Å²) in [5.74, 6) is 0.857. The molecule has 11 heteroatoms. The summed E-state index contributed by atoms with van der Waals surface area (Å²) in [4.78, 5) is 23.1. The highest BCUT2D eigenvalue weighted by molar-refractivity contribution is 6.33. The number of aromatic nitrogens is 2. The first-order valence-corrected chi connectivity index (χ1v) is 16.9. The number of carbonyl (C=O) groups excluding carboxylic acids is 1. The molecule has 1 amide bonds. The Hall–Kier alpha value is -2.79. The average molecular weight is 662 g/mol. The molecule has 4 atom stereocenters. The van der Waals surface area contributed by atoms with Crippen LogP contribution >= 0.6 is 11.6 Å². The normalized spacial score (nSPS) is 21.7. The number of imidazole rings is 1. The van der Waals surface area contributed by atoms with Gasteiger partial charge in [0.25, 0.3) is 12.3 Å². The molecule has 2 saturated heterocycles. The number of carbonyl (C=O) groups is 1. The molecule has 2 aliphatic heterocycles. The number of aliphatic hydroxyl groups is 2. The van der Waals surface area contributed by atoms with Gasteiger partial charge in [0.05, 0.1) is 17.4 Å². The summed E-state index contributed by atoms with van der Waals surface area (Å²) in [7, 11) is 2.03. The van der Waals surface area contributed by atoms with E-state index in [9.17, 15) is 23.8 Å². The molecule has 2 aliphatic rings. The van der Waals surface area contributed by atoms with Crippen molar-refractivity contribution < 1.29 is 23.8 Å². The second kappa shape index (κ2) is 16.4. The number of amides is 1. The monoisotopic (exact) mass is 661 g/mol. The van der Waals surface area contributed by atoms with Gasteiger partial charge in [-0.05, 0) is 68.9 Å². The molecule has 254 valence electrons. The highest BCUT2D eigenvalue weighted by Crippen LogP contribution is 2.36. The summed E-state index contributed by atoms with van der Waals surface area (Å²) in [5, 5.41) is 22.2. The summed E-state index contributed by atoms with van der Waals surface area (Å²) in [6.45, 7) is 9.27. The van der Waals surface area contributed by atoms with E-state index in [1.165, 1.54) is 12.1 Å². The molecule has 0 aliphatic carbocycles. The fraction of sp³-hybridized carbons (Fsp3) is 0.600. The van der Waals surface area contributed by atoms with E-state index in [0.29, 0.717) is 55.0 Å². The van der Waals surface area contributed by atoms with Gasteiger partial charge in [0.1, 0.15) is 6.23 Å². The van der Waals surface area contributed by atoms with Gasteiger partial charge < -0.3 is 24.6 Å². The fourth-order valence-electron chi connectivity index (χ4n) is 6.73. The number of likely N-dealkylation sites (tertiary alicyclic amines) is 2. The van der Waals surface area contributed by atoms with Gasteiger partial charge in [0.2, 0.25) is 0 Å². The van der Waals surface area contributed by atoms with Crippen LogP contribution in [0.3, 0.4) is 0 Å². The number of halogens is 3. The van der Waals surface area contributed by atoms with Crippen LogP contribution in [0, 0.1) is 11.8 Å². The summed E-state index contributed by atoms with van der Waals surface area (Å²) < 4.78 is 30.1. The van der Waals surface area contributed by atoms with Crippen LogP contribution in [-0.4, -0.2) is 92.8 Å². The molecule has 4 unspecified atom stereocenters. The molecule has 8 nitrogen and oxygen atoms in total. The molecule has 3 heterocycles. The van der Waals surface area contributed by atoms with Crippen molar-refractivity contribution >= 4 is 17.5 Å². The van der Waals surface area contributed by atoms with Gasteiger partial charge in [-0.3, -0.25) is 9.69 Å². The van der Waals surface area contributed by atoms with Crippen molar-refractivity contribution in [3.63, 3.8) is 0 Å². The van der Waals surface area contributed by atoms with Crippen molar-refractivity contribution in [3.05, 3.63) is 77.0 Å². The molecule has 2 fully saturated rings. The van der Waals surface area contributed by atoms with Crippen LogP contribution in [0.1, 0.15) is 70.9 Å². The Kier molecular flexibility index (Phi) is 12.8. The molecular weight excluding hydrogens is 612 g/mol. The maximum Gasteiger partial charge on any atom is 0.274 e. The zero-order valence-corrected chi connectivity index (χ0v) is 28.3. The molecule has 4 rings (SSSR count). The number of alkyl halides is 2. The molecule has 0 radical (unpaired) electrons. The largest absolute Gasteiger partial charge is 0.378 e. The van der Waals surface area contributed by atoms with E-state index in [1.54, 1.807) is 35.6 Å². The van der Waals surface area contributed by atoms with Gasteiger partial charge in [-0.1, -0.05) is 55.8 Å². The van der Waals surface area contributed by atoms with Crippen LogP contribution in [0.25, 0.3) is 0 Å². The van der Waals surface area contributed by atoms with Crippen LogP contribution in [0.4, 0.5) is 8.78 Å². The molecule has 46 heavy (non-hydrogen) atoms. The van der Waals surface area contributed by atoms with Gasteiger partial charge in [-0.25, -0.2) is 13.8 Å². The Morgan fingerprint density at radius 1 is 1.20 bits per heavy atom. The predicted molar refractivity (Wildman–Crippen MR) is 177 cm³/mol. The molecule has 1 aromatic carbocycles. The lowest BCUT2D eigenvalue weighted by molar-refractivity contribution is -0.219. The fourth-order valence-corrected chi connectivity index (χ4v) is 7.10. The SMILES string of the molecule is CC/C(C(=O)N1CCC(n2ccnc2)C1)=C(Cl)\C=C(/C)N(C)CCC(C)CC1CCN(C(O)C(O)(c2ccccc2)C(F)F)CC1. The van der Waals surface area contributed by atoms with E-state index in [1.807, 2.05) is 38.1 Å². The predicted octanol–water partition coefficient (Wildman–Crippen LogP) is 5.99. The average Bonchev–Trinajstić information content (AvgIpc) is 3.77. The van der Waals surface area contributed by atoms with Gasteiger partial charge in [0.15, 0.2) is 5.60 Å². The molecule has 0 bridgehead atoms. The summed E-state index contributed by atoms with van der Waals surface area (Å²) in [5.41, 5.74) is -1.01. The summed E-state index contributed by atoms with van der Waals surface area (Å²) in [6.07, 6.45) is 7.55. The van der Waals surface area contributed by atoms with E-state index in [-0.39, 0.29) is 17.5 Å². The van der Waals surface area contributed by atoms with Crippen molar-refractivity contribution in [3.8, 4) is 0 Å². The van der Waals surface area contributed by atoms with Crippen molar-refractivity contribution in [1.82, 2.24) is 24.3 Å². The second-order valence-corrected chi connectivity index (χ2v) is 13.5. The first kappa shape index (κ1) is 36.1. The highest BCUT2D eigenvalue weighted by Gasteiger charge is 2.49. The topological polar surface area (TPSA) is 85.1 Å². The van der Waals surface area contributed by atoms with Gasteiger partial charge in [0, 0.05) is 63.4 Å². The van der Waals surface area contributed by atoms with Crippen LogP contribution in [-0.2, 0) is 10.4 Å². The van der Waals surface area contributed by atoms with Crippen LogP contribution in [0.2, 0.25) is 0 Å². The first-order chi connectivity index (χ1) is 21.9. The Morgan fingerprint density at radius 2 is 1.89 bits per heavy atom. The number of nitrogens with zero attached hydrogens (tertiary/aromatic N) is 5. The smallest absolute Gasteiger partial charge is 0.274 e. The van der Waals surface area contributed by atoms with Crippen LogP contribution < -0.4 is 0 Å². The molecule has 1 aromatic heterocycles. The minimum absolute atomic E-state index is 0.00652. The summed E-state index contributed by atoms with van der Waals surface area (Å²) in [6, 6.07) is 7.95. The number of rotatable bonds is 14. The van der Waals surface area contributed by atoms with E-state index in [0.717, 1.165) is 44.3 Å². The maximum atomic E-state index is 14.0. The quantitative estimate of drug-likeness (QED) is 0.191. The third-order valence-electron chi connectivity index (χ3n) is 9.89. The number of benzene rings is 1. The van der Waals surface area contributed by atoms with Crippen molar-refractivity contribution in [2.75, 3.05) is 39.8 Å². The van der Waals surface area contributed by atoms with Crippen molar-refractivity contribution in [1.29, 1.82) is 0 Å². The zero-order valence-electron chi connectivity index (χ0n) is 27.5. The van der Waals surface area contributed by atoms with Crippen LogP contribution in [0.15, 0.2) is 71.4 Å². The van der Waals surface area contributed by atoms with E-state index >= 15 is 0 Å². The number of hydrogen-bond acceptors (Lipinski definition) is 6. The van der Waals surface area contributed by atoms with Crippen molar-refractivity contribution in [2.24, 2.45) is 11.8 Å². The number of piperidine rings is 1. The lowest BCUT2D eigenvalue weighted by Crippen LogP contribution is -2.56. The van der Waals surface area contributed by atoms with Crippen LogP contribution in [0.5, 0.6) is 0 Å². The first-order valence-electron chi connectivity index (χ1n) is 16.5. The molecule has 0 saturated carbocycles.